The monoisotopic (exact) mass is 265 g/mol. The average molecular weight is 265 g/mol. The Morgan fingerprint density at radius 3 is 2.17 bits per heavy atom. The maximum absolute atomic E-state index is 9.86. The molecule has 0 aromatic heterocycles. The Morgan fingerprint density at radius 2 is 1.67 bits per heavy atom. The van der Waals surface area contributed by atoms with Crippen molar-refractivity contribution >= 4 is 0 Å². The van der Waals surface area contributed by atoms with E-state index in [2.05, 4.69) is 5.32 Å². The normalized spacial score (nSPS) is 47.2. The Morgan fingerprint density at radius 1 is 1.06 bits per heavy atom. The lowest BCUT2D eigenvalue weighted by Crippen LogP contribution is -2.65. The molecule has 1 aliphatic carbocycles. The third-order valence-corrected chi connectivity index (χ3v) is 3.75. The van der Waals surface area contributed by atoms with Crippen molar-refractivity contribution in [2.75, 3.05) is 19.8 Å². The highest BCUT2D eigenvalue weighted by Crippen LogP contribution is 2.47. The molecule has 1 saturated heterocycles. The Bertz CT molecular complexity index is 300. The lowest BCUT2D eigenvalue weighted by molar-refractivity contribution is -0.116. The molecule has 106 valence electrons. The van der Waals surface area contributed by atoms with Crippen molar-refractivity contribution in [3.8, 4) is 0 Å². The molecule has 7 N–H and O–H groups in total. The fraction of sp³-hybridized carbons (Fsp3) is 1.00. The van der Waals surface area contributed by atoms with Crippen molar-refractivity contribution in [3.63, 3.8) is 0 Å². The zero-order valence-electron chi connectivity index (χ0n) is 9.68. The number of fused-ring (bicyclic) bond motifs is 1. The van der Waals surface area contributed by atoms with Crippen LogP contribution in [0.2, 0.25) is 0 Å². The molecule has 0 unspecified atom stereocenters. The molecule has 0 radical (unpaired) electrons. The first kappa shape index (κ1) is 14.1. The molecule has 2 aliphatic rings. The molecule has 1 saturated carbocycles. The number of ether oxygens (including phenoxy) is 1. The van der Waals surface area contributed by atoms with Crippen molar-refractivity contribution in [1.29, 1.82) is 0 Å². The second kappa shape index (κ2) is 4.99. The number of hydrogen-bond donors (Lipinski definition) is 7. The quantitative estimate of drug-likeness (QED) is 0.246. The molecular formula is C10H19NO7. The van der Waals surface area contributed by atoms with Crippen LogP contribution in [-0.2, 0) is 4.74 Å². The fourth-order valence-electron chi connectivity index (χ4n) is 2.53. The number of hydrogen-bond acceptors (Lipinski definition) is 8. The van der Waals surface area contributed by atoms with Crippen molar-refractivity contribution in [2.24, 2.45) is 0 Å². The van der Waals surface area contributed by atoms with Gasteiger partial charge in [0.1, 0.15) is 30.0 Å². The van der Waals surface area contributed by atoms with Gasteiger partial charge in [-0.05, 0) is 0 Å². The molecule has 6 atom stereocenters. The molecular weight excluding hydrogens is 246 g/mol. The predicted molar refractivity (Wildman–Crippen MR) is 57.6 cm³/mol. The highest BCUT2D eigenvalue weighted by molar-refractivity contribution is 5.21. The van der Waals surface area contributed by atoms with Gasteiger partial charge in [-0.1, -0.05) is 0 Å². The number of aliphatic hydroxyl groups is 6. The van der Waals surface area contributed by atoms with Gasteiger partial charge in [-0.3, -0.25) is 0 Å². The van der Waals surface area contributed by atoms with E-state index >= 15 is 0 Å². The minimum atomic E-state index is -1.47. The number of aliphatic hydroxyl groups excluding tert-OH is 6. The highest BCUT2D eigenvalue weighted by atomic mass is 16.6. The van der Waals surface area contributed by atoms with Crippen LogP contribution in [0.15, 0.2) is 0 Å². The first-order valence-electron chi connectivity index (χ1n) is 5.82. The van der Waals surface area contributed by atoms with Crippen LogP contribution in [0.3, 0.4) is 0 Å². The van der Waals surface area contributed by atoms with Crippen molar-refractivity contribution in [3.05, 3.63) is 0 Å². The van der Waals surface area contributed by atoms with Gasteiger partial charge >= 0.3 is 0 Å². The molecule has 1 heterocycles. The molecule has 0 bridgehead atoms. The zero-order chi connectivity index (χ0) is 13.5. The van der Waals surface area contributed by atoms with Crippen LogP contribution in [0.5, 0.6) is 0 Å². The number of nitrogens with one attached hydrogen (secondary N) is 1. The Labute approximate surface area is 103 Å². The highest BCUT2D eigenvalue weighted by Gasteiger charge is 2.71. The Kier molecular flexibility index (Phi) is 3.90. The van der Waals surface area contributed by atoms with E-state index in [-0.39, 0.29) is 13.2 Å². The van der Waals surface area contributed by atoms with Crippen LogP contribution in [0.25, 0.3) is 0 Å². The van der Waals surface area contributed by atoms with Gasteiger partial charge in [-0.25, -0.2) is 0 Å². The van der Waals surface area contributed by atoms with Crippen LogP contribution >= 0.6 is 0 Å². The molecule has 18 heavy (non-hydrogen) atoms. The van der Waals surface area contributed by atoms with Crippen molar-refractivity contribution in [1.82, 2.24) is 5.32 Å². The van der Waals surface area contributed by atoms with E-state index < -0.39 is 48.7 Å². The third kappa shape index (κ3) is 1.95. The molecule has 0 spiro atoms. The summed E-state index contributed by atoms with van der Waals surface area (Å²) in [7, 11) is 0. The van der Waals surface area contributed by atoms with Crippen LogP contribution in [0, 0.1) is 0 Å². The first-order chi connectivity index (χ1) is 8.51. The van der Waals surface area contributed by atoms with Crippen LogP contribution in [0.4, 0.5) is 0 Å². The number of epoxide rings is 1. The molecule has 0 amide bonds. The summed E-state index contributed by atoms with van der Waals surface area (Å²) in [5, 5.41) is 59.3. The lowest BCUT2D eigenvalue weighted by atomic mass is 9.79. The molecule has 1 aliphatic heterocycles. The maximum atomic E-state index is 9.86. The van der Waals surface area contributed by atoms with E-state index in [1.807, 2.05) is 0 Å². The molecule has 2 fully saturated rings. The summed E-state index contributed by atoms with van der Waals surface area (Å²) in [4.78, 5) is 0. The van der Waals surface area contributed by atoms with E-state index in [9.17, 15) is 20.4 Å². The summed E-state index contributed by atoms with van der Waals surface area (Å²) in [5.74, 6) is 0. The van der Waals surface area contributed by atoms with E-state index in [1.165, 1.54) is 0 Å². The van der Waals surface area contributed by atoms with Crippen molar-refractivity contribution in [2.45, 2.75) is 42.1 Å². The van der Waals surface area contributed by atoms with E-state index in [1.54, 1.807) is 0 Å². The maximum Gasteiger partial charge on any atom is 0.148 e. The fourth-order valence-corrected chi connectivity index (χ4v) is 2.53. The van der Waals surface area contributed by atoms with Gasteiger partial charge in [-0.2, -0.15) is 0 Å². The van der Waals surface area contributed by atoms with Gasteiger partial charge in [0, 0.05) is 0 Å². The standard InChI is InChI=1S/C10H19NO7/c12-1-4(2-13)11-5-6(15)7(16)8(17)10(3-14)9(5)18-10/h4-9,11-17H,1-3H2/t5-,6+,7-,8+,9-,10-/m1/s1. The van der Waals surface area contributed by atoms with Gasteiger partial charge in [0.15, 0.2) is 0 Å². The molecule has 0 aromatic rings. The Balaban J connectivity index is 2.11. The smallest absolute Gasteiger partial charge is 0.148 e. The summed E-state index contributed by atoms with van der Waals surface area (Å²) >= 11 is 0. The lowest BCUT2D eigenvalue weighted by Gasteiger charge is -2.37. The van der Waals surface area contributed by atoms with Gasteiger partial charge in [0.05, 0.1) is 31.9 Å². The average Bonchev–Trinajstić information content (AvgIpc) is 3.13. The van der Waals surface area contributed by atoms with Crippen LogP contribution < -0.4 is 5.32 Å². The van der Waals surface area contributed by atoms with E-state index in [0.717, 1.165) is 0 Å². The zero-order valence-corrected chi connectivity index (χ0v) is 9.68. The molecule has 8 nitrogen and oxygen atoms in total. The topological polar surface area (TPSA) is 146 Å². The minimum Gasteiger partial charge on any atom is -0.395 e. The van der Waals surface area contributed by atoms with Gasteiger partial charge in [0.25, 0.3) is 0 Å². The van der Waals surface area contributed by atoms with Crippen molar-refractivity contribution < 1.29 is 35.4 Å². The van der Waals surface area contributed by atoms with Gasteiger partial charge in [0.2, 0.25) is 0 Å². The van der Waals surface area contributed by atoms with Gasteiger partial charge in [-0.15, -0.1) is 0 Å². The summed E-state index contributed by atoms with van der Waals surface area (Å²) in [6, 6.07) is -1.45. The third-order valence-electron chi connectivity index (χ3n) is 3.75. The summed E-state index contributed by atoms with van der Waals surface area (Å²) in [6.45, 7) is -1.18. The second-order valence-corrected chi connectivity index (χ2v) is 4.83. The molecule has 2 rings (SSSR count). The minimum absolute atomic E-state index is 0.350. The first-order valence-corrected chi connectivity index (χ1v) is 5.82. The van der Waals surface area contributed by atoms with Crippen LogP contribution in [0.1, 0.15) is 0 Å². The van der Waals surface area contributed by atoms with E-state index in [0.29, 0.717) is 0 Å². The van der Waals surface area contributed by atoms with Gasteiger partial charge < -0.3 is 40.7 Å². The summed E-state index contributed by atoms with van der Waals surface area (Å²) in [5.41, 5.74) is -1.27. The molecule has 8 heteroatoms. The molecule has 0 aromatic carbocycles. The van der Waals surface area contributed by atoms with Crippen LogP contribution in [-0.4, -0.2) is 92.6 Å². The second-order valence-electron chi connectivity index (χ2n) is 4.83. The summed E-state index contributed by atoms with van der Waals surface area (Å²) < 4.78 is 5.22. The van der Waals surface area contributed by atoms with E-state index in [4.69, 9.17) is 14.9 Å². The summed E-state index contributed by atoms with van der Waals surface area (Å²) in [6.07, 6.45) is -4.82. The Hall–Kier alpha value is -0.320. The predicted octanol–water partition coefficient (Wildman–Crippen LogP) is -4.48. The number of rotatable bonds is 5. The largest absolute Gasteiger partial charge is 0.395 e. The SMILES string of the molecule is OCC(CO)N[C@@H]1[C@H](O)[C@@H](O)[C@H](O)[C@@]2(CO)O[C@H]12.